The zero-order valence-corrected chi connectivity index (χ0v) is 11.5. The van der Waals surface area contributed by atoms with Crippen molar-refractivity contribution in [1.29, 1.82) is 0 Å². The Morgan fingerprint density at radius 1 is 1.33 bits per heavy atom. The fourth-order valence-corrected chi connectivity index (χ4v) is 2.40. The maximum absolute atomic E-state index is 13.9. The molecule has 0 radical (unpaired) electrons. The van der Waals surface area contributed by atoms with Gasteiger partial charge in [0, 0.05) is 34.8 Å². The van der Waals surface area contributed by atoms with Crippen LogP contribution in [0, 0.1) is 5.82 Å². The van der Waals surface area contributed by atoms with Crippen LogP contribution in [0.2, 0.25) is 0 Å². The van der Waals surface area contributed by atoms with Crippen LogP contribution < -0.4 is 4.74 Å². The predicted octanol–water partition coefficient (Wildman–Crippen LogP) is 3.91. The number of ether oxygens (including phenoxy) is 1. The maximum atomic E-state index is 13.9. The largest absolute Gasteiger partial charge is 0.497 e. The highest BCUT2D eigenvalue weighted by molar-refractivity contribution is 9.09. The summed E-state index contributed by atoms with van der Waals surface area (Å²) in [4.78, 5) is 4.13. The Morgan fingerprint density at radius 3 is 2.78 bits per heavy atom. The predicted molar refractivity (Wildman–Crippen MR) is 72.6 cm³/mol. The summed E-state index contributed by atoms with van der Waals surface area (Å²) < 4.78 is 18.8. The van der Waals surface area contributed by atoms with Gasteiger partial charge in [-0.2, -0.15) is 0 Å². The van der Waals surface area contributed by atoms with Gasteiger partial charge in [0.05, 0.1) is 7.11 Å². The Morgan fingerprint density at radius 2 is 2.17 bits per heavy atom. The normalized spacial score (nSPS) is 12.2. The van der Waals surface area contributed by atoms with Crippen LogP contribution in [0.25, 0.3) is 0 Å². The molecule has 1 aromatic carbocycles. The van der Waals surface area contributed by atoms with E-state index in [0.29, 0.717) is 17.7 Å². The second kappa shape index (κ2) is 5.96. The fraction of sp³-hybridized carbons (Fsp3) is 0.214. The molecular formula is C14H13BrFNO. The number of halogens is 2. The molecule has 0 saturated carbocycles. The Kier molecular flexibility index (Phi) is 4.31. The number of hydrogen-bond acceptors (Lipinski definition) is 2. The number of nitrogens with zero attached hydrogens (tertiary/aromatic N) is 1. The van der Waals surface area contributed by atoms with Crippen LogP contribution in [0.1, 0.15) is 16.1 Å². The Balaban J connectivity index is 2.16. The van der Waals surface area contributed by atoms with Gasteiger partial charge < -0.3 is 4.74 Å². The van der Waals surface area contributed by atoms with Crippen LogP contribution >= 0.6 is 15.9 Å². The first-order valence-electron chi connectivity index (χ1n) is 5.58. The number of rotatable bonds is 4. The monoisotopic (exact) mass is 309 g/mol. The third kappa shape index (κ3) is 3.07. The van der Waals surface area contributed by atoms with E-state index in [9.17, 15) is 4.39 Å². The van der Waals surface area contributed by atoms with E-state index in [1.165, 1.54) is 13.2 Å². The second-order valence-corrected chi connectivity index (χ2v) is 4.99. The highest BCUT2D eigenvalue weighted by atomic mass is 79.9. The van der Waals surface area contributed by atoms with E-state index in [0.717, 1.165) is 5.69 Å². The van der Waals surface area contributed by atoms with Crippen LogP contribution in [-0.4, -0.2) is 12.1 Å². The molecule has 1 atom stereocenters. The molecule has 2 rings (SSSR count). The van der Waals surface area contributed by atoms with Gasteiger partial charge in [0.15, 0.2) is 0 Å². The van der Waals surface area contributed by atoms with Crippen molar-refractivity contribution < 1.29 is 9.13 Å². The summed E-state index contributed by atoms with van der Waals surface area (Å²) in [7, 11) is 1.52. The summed E-state index contributed by atoms with van der Waals surface area (Å²) in [5, 5.41) is 0. The van der Waals surface area contributed by atoms with Crippen molar-refractivity contribution in [3.05, 3.63) is 59.7 Å². The molecule has 94 valence electrons. The minimum Gasteiger partial charge on any atom is -0.497 e. The highest BCUT2D eigenvalue weighted by Crippen LogP contribution is 2.30. The van der Waals surface area contributed by atoms with Gasteiger partial charge in [-0.25, -0.2) is 4.39 Å². The smallest absolute Gasteiger partial charge is 0.131 e. The van der Waals surface area contributed by atoms with Gasteiger partial charge in [0.1, 0.15) is 11.6 Å². The molecule has 2 aromatic rings. The van der Waals surface area contributed by atoms with E-state index in [2.05, 4.69) is 20.9 Å². The third-order valence-electron chi connectivity index (χ3n) is 2.66. The van der Waals surface area contributed by atoms with Crippen LogP contribution in [0.4, 0.5) is 4.39 Å². The zero-order valence-electron chi connectivity index (χ0n) is 9.94. The van der Waals surface area contributed by atoms with Crippen molar-refractivity contribution in [2.75, 3.05) is 7.11 Å². The first-order chi connectivity index (χ1) is 8.70. The lowest BCUT2D eigenvalue weighted by molar-refractivity contribution is 0.410. The summed E-state index contributed by atoms with van der Waals surface area (Å²) in [6.07, 6.45) is 2.38. The molecule has 0 aliphatic heterocycles. The van der Waals surface area contributed by atoms with E-state index in [1.807, 2.05) is 18.2 Å². The van der Waals surface area contributed by atoms with Crippen LogP contribution in [0.5, 0.6) is 5.75 Å². The quantitative estimate of drug-likeness (QED) is 0.799. The highest BCUT2D eigenvalue weighted by Gasteiger charge is 2.14. The fourth-order valence-electron chi connectivity index (χ4n) is 1.70. The number of benzene rings is 1. The summed E-state index contributed by atoms with van der Waals surface area (Å²) in [6, 6.07) is 10.6. The number of methoxy groups -OCH3 is 1. The minimum atomic E-state index is -0.271. The molecule has 0 amide bonds. The molecule has 0 saturated heterocycles. The summed E-state index contributed by atoms with van der Waals surface area (Å²) >= 11 is 3.50. The lowest BCUT2D eigenvalue weighted by Crippen LogP contribution is -2.00. The Hall–Kier alpha value is -1.42. The van der Waals surface area contributed by atoms with Gasteiger partial charge in [-0.1, -0.05) is 28.1 Å². The molecule has 1 aromatic heterocycles. The summed E-state index contributed by atoms with van der Waals surface area (Å²) in [5.41, 5.74) is 1.54. The standard InChI is InChI=1S/C14H13BrFNO/c1-18-11-5-6-12(14(16)9-11)13(15)8-10-4-2-3-7-17-10/h2-7,9,13H,8H2,1H3. The van der Waals surface area contributed by atoms with Crippen molar-refractivity contribution in [2.45, 2.75) is 11.2 Å². The molecular weight excluding hydrogens is 297 g/mol. The van der Waals surface area contributed by atoms with Crippen molar-refractivity contribution in [3.63, 3.8) is 0 Å². The number of alkyl halides is 1. The number of hydrogen-bond donors (Lipinski definition) is 0. The average Bonchev–Trinajstić information content (AvgIpc) is 2.39. The van der Waals surface area contributed by atoms with Crippen molar-refractivity contribution >= 4 is 15.9 Å². The summed E-state index contributed by atoms with van der Waals surface area (Å²) in [5.74, 6) is 0.251. The maximum Gasteiger partial charge on any atom is 0.131 e. The van der Waals surface area contributed by atoms with Gasteiger partial charge in [-0.15, -0.1) is 0 Å². The molecule has 4 heteroatoms. The van der Waals surface area contributed by atoms with E-state index in [-0.39, 0.29) is 10.6 Å². The van der Waals surface area contributed by atoms with Crippen molar-refractivity contribution in [3.8, 4) is 5.75 Å². The van der Waals surface area contributed by atoms with Crippen LogP contribution in [-0.2, 0) is 6.42 Å². The first-order valence-corrected chi connectivity index (χ1v) is 6.49. The molecule has 18 heavy (non-hydrogen) atoms. The Bertz CT molecular complexity index is 518. The molecule has 2 nitrogen and oxygen atoms in total. The van der Waals surface area contributed by atoms with Gasteiger partial charge in [0.2, 0.25) is 0 Å². The third-order valence-corrected chi connectivity index (χ3v) is 3.48. The molecule has 0 bridgehead atoms. The molecule has 0 aliphatic rings. The lowest BCUT2D eigenvalue weighted by atomic mass is 10.1. The first kappa shape index (κ1) is 13.0. The second-order valence-electron chi connectivity index (χ2n) is 3.88. The molecule has 1 heterocycles. The van der Waals surface area contributed by atoms with E-state index in [4.69, 9.17) is 4.74 Å². The van der Waals surface area contributed by atoms with Crippen molar-refractivity contribution in [1.82, 2.24) is 4.98 Å². The van der Waals surface area contributed by atoms with E-state index < -0.39 is 0 Å². The SMILES string of the molecule is COc1ccc(C(Br)Cc2ccccn2)c(F)c1. The van der Waals surface area contributed by atoms with Gasteiger partial charge in [-0.05, 0) is 18.2 Å². The average molecular weight is 310 g/mol. The molecule has 0 spiro atoms. The number of aromatic nitrogens is 1. The van der Waals surface area contributed by atoms with Gasteiger partial charge >= 0.3 is 0 Å². The lowest BCUT2D eigenvalue weighted by Gasteiger charge is -2.11. The minimum absolute atomic E-state index is 0.0988. The molecule has 0 fully saturated rings. The topological polar surface area (TPSA) is 22.1 Å². The van der Waals surface area contributed by atoms with Crippen LogP contribution in [0.3, 0.4) is 0 Å². The van der Waals surface area contributed by atoms with Crippen molar-refractivity contribution in [2.24, 2.45) is 0 Å². The van der Waals surface area contributed by atoms with Gasteiger partial charge in [0.25, 0.3) is 0 Å². The Labute approximate surface area is 114 Å². The molecule has 0 aliphatic carbocycles. The number of pyridine rings is 1. The van der Waals surface area contributed by atoms with Gasteiger partial charge in [-0.3, -0.25) is 4.98 Å². The molecule has 0 N–H and O–H groups in total. The summed E-state index contributed by atoms with van der Waals surface area (Å²) in [6.45, 7) is 0. The zero-order chi connectivity index (χ0) is 13.0. The van der Waals surface area contributed by atoms with E-state index >= 15 is 0 Å². The van der Waals surface area contributed by atoms with Crippen LogP contribution in [0.15, 0.2) is 42.6 Å². The van der Waals surface area contributed by atoms with E-state index in [1.54, 1.807) is 18.3 Å². The molecule has 1 unspecified atom stereocenters.